The molecule has 2 heterocycles. The van der Waals surface area contributed by atoms with Gasteiger partial charge in [-0.25, -0.2) is 0 Å². The summed E-state index contributed by atoms with van der Waals surface area (Å²) in [6, 6.07) is 15.7. The van der Waals surface area contributed by atoms with Crippen LogP contribution >= 0.6 is 11.8 Å². The monoisotopic (exact) mass is 475 g/mol. The Balaban J connectivity index is 1.47. The molecule has 1 aromatic heterocycles. The first kappa shape index (κ1) is 23.1. The zero-order valence-corrected chi connectivity index (χ0v) is 18.5. The Morgan fingerprint density at radius 3 is 2.58 bits per heavy atom. The van der Waals surface area contributed by atoms with Crippen LogP contribution in [0.1, 0.15) is 5.82 Å². The molecule has 1 aliphatic heterocycles. The van der Waals surface area contributed by atoms with Crippen molar-refractivity contribution in [1.82, 2.24) is 19.7 Å². The van der Waals surface area contributed by atoms with E-state index in [2.05, 4.69) is 25.2 Å². The highest BCUT2D eigenvalue weighted by atomic mass is 32.2. The maximum absolute atomic E-state index is 12.6. The van der Waals surface area contributed by atoms with E-state index < -0.39 is 6.61 Å². The Morgan fingerprint density at radius 1 is 1.09 bits per heavy atom. The number of ether oxygens (including phenoxy) is 2. The van der Waals surface area contributed by atoms with E-state index in [0.717, 1.165) is 24.6 Å². The molecule has 2 aromatic carbocycles. The molecular formula is C22H23F2N5O3S. The Morgan fingerprint density at radius 2 is 1.82 bits per heavy atom. The van der Waals surface area contributed by atoms with Crippen molar-refractivity contribution in [2.75, 3.05) is 37.4 Å². The summed E-state index contributed by atoms with van der Waals surface area (Å²) in [5.74, 6) is 0.321. The van der Waals surface area contributed by atoms with Crippen molar-refractivity contribution in [3.05, 3.63) is 60.4 Å². The van der Waals surface area contributed by atoms with Crippen LogP contribution in [0.25, 0.3) is 5.69 Å². The number of hydrogen-bond acceptors (Lipinski definition) is 7. The minimum atomic E-state index is -2.98. The largest absolute Gasteiger partial charge is 0.433 e. The van der Waals surface area contributed by atoms with E-state index in [1.807, 2.05) is 34.9 Å². The van der Waals surface area contributed by atoms with Crippen LogP contribution in [0.15, 0.2) is 59.8 Å². The van der Waals surface area contributed by atoms with Crippen LogP contribution < -0.4 is 10.1 Å². The van der Waals surface area contributed by atoms with Crippen molar-refractivity contribution in [1.29, 1.82) is 0 Å². The van der Waals surface area contributed by atoms with Crippen LogP contribution in [-0.2, 0) is 16.1 Å². The molecule has 0 unspecified atom stereocenters. The first-order chi connectivity index (χ1) is 16.1. The maximum Gasteiger partial charge on any atom is 0.387 e. The van der Waals surface area contributed by atoms with Gasteiger partial charge < -0.3 is 14.8 Å². The Hall–Kier alpha value is -3.02. The number of nitrogens with zero attached hydrogens (tertiary/aromatic N) is 4. The number of morpholine rings is 1. The maximum atomic E-state index is 12.6. The number of carbonyl (C=O) groups excluding carboxylic acids is 1. The molecule has 1 aliphatic rings. The summed E-state index contributed by atoms with van der Waals surface area (Å²) in [7, 11) is 0. The highest BCUT2D eigenvalue weighted by Crippen LogP contribution is 2.27. The van der Waals surface area contributed by atoms with E-state index in [0.29, 0.717) is 24.9 Å². The highest BCUT2D eigenvalue weighted by Gasteiger charge is 2.20. The lowest BCUT2D eigenvalue weighted by molar-refractivity contribution is -0.113. The van der Waals surface area contributed by atoms with Crippen molar-refractivity contribution in [3.63, 3.8) is 0 Å². The molecule has 1 amide bonds. The number of hydrogen-bond donors (Lipinski definition) is 1. The normalized spacial score (nSPS) is 14.4. The van der Waals surface area contributed by atoms with Gasteiger partial charge in [0.2, 0.25) is 5.91 Å². The molecule has 0 radical (unpaired) electrons. The topological polar surface area (TPSA) is 81.5 Å². The summed E-state index contributed by atoms with van der Waals surface area (Å²) < 4.78 is 37.0. The summed E-state index contributed by atoms with van der Waals surface area (Å²) in [4.78, 5) is 14.8. The Labute approximate surface area is 193 Å². The molecule has 8 nitrogen and oxygen atoms in total. The van der Waals surface area contributed by atoms with Crippen molar-refractivity contribution in [3.8, 4) is 11.4 Å². The summed E-state index contributed by atoms with van der Waals surface area (Å²) in [5.41, 5.74) is 1.07. The first-order valence-electron chi connectivity index (χ1n) is 10.4. The third-order valence-corrected chi connectivity index (χ3v) is 5.82. The fraction of sp³-hybridized carbons (Fsp3) is 0.318. The van der Waals surface area contributed by atoms with Crippen LogP contribution in [0, 0.1) is 0 Å². The highest BCUT2D eigenvalue weighted by molar-refractivity contribution is 7.99. The van der Waals surface area contributed by atoms with Crippen LogP contribution in [0.2, 0.25) is 0 Å². The van der Waals surface area contributed by atoms with Crippen molar-refractivity contribution >= 4 is 23.4 Å². The predicted molar refractivity (Wildman–Crippen MR) is 120 cm³/mol. The van der Waals surface area contributed by atoms with Gasteiger partial charge in [-0.3, -0.25) is 14.3 Å². The minimum absolute atomic E-state index is 0.0194. The molecule has 174 valence electrons. The minimum Gasteiger partial charge on any atom is -0.433 e. The van der Waals surface area contributed by atoms with E-state index in [-0.39, 0.29) is 23.1 Å². The molecular weight excluding hydrogens is 452 g/mol. The quantitative estimate of drug-likeness (QED) is 0.475. The molecule has 4 rings (SSSR count). The second kappa shape index (κ2) is 11.2. The number of rotatable bonds is 9. The third kappa shape index (κ3) is 6.28. The number of aromatic nitrogens is 3. The van der Waals surface area contributed by atoms with E-state index in [1.54, 1.807) is 12.1 Å². The Kier molecular flexibility index (Phi) is 7.87. The van der Waals surface area contributed by atoms with Gasteiger partial charge in [0.25, 0.3) is 0 Å². The summed E-state index contributed by atoms with van der Waals surface area (Å²) in [6.07, 6.45) is 0. The molecule has 1 fully saturated rings. The lowest BCUT2D eigenvalue weighted by Gasteiger charge is -2.26. The van der Waals surface area contributed by atoms with E-state index in [9.17, 15) is 13.6 Å². The SMILES string of the molecule is O=C(CSc1nnc(CN2CCOCC2)n1-c1ccccc1)Nc1ccccc1OC(F)F. The van der Waals surface area contributed by atoms with Gasteiger partial charge in [0.15, 0.2) is 11.0 Å². The van der Waals surface area contributed by atoms with Gasteiger partial charge >= 0.3 is 6.61 Å². The van der Waals surface area contributed by atoms with Crippen molar-refractivity contribution in [2.45, 2.75) is 18.3 Å². The van der Waals surface area contributed by atoms with Crippen LogP contribution in [0.3, 0.4) is 0 Å². The summed E-state index contributed by atoms with van der Waals surface area (Å²) >= 11 is 1.22. The van der Waals surface area contributed by atoms with Crippen LogP contribution in [0.5, 0.6) is 5.75 Å². The number of carbonyl (C=O) groups is 1. The molecule has 1 saturated heterocycles. The molecule has 0 atom stereocenters. The second-order valence-electron chi connectivity index (χ2n) is 7.17. The van der Waals surface area contributed by atoms with E-state index in [1.165, 1.54) is 23.9 Å². The van der Waals surface area contributed by atoms with Gasteiger partial charge in [-0.2, -0.15) is 8.78 Å². The van der Waals surface area contributed by atoms with E-state index >= 15 is 0 Å². The van der Waals surface area contributed by atoms with Gasteiger partial charge in [0, 0.05) is 18.8 Å². The molecule has 33 heavy (non-hydrogen) atoms. The van der Waals surface area contributed by atoms with Gasteiger partial charge in [-0.15, -0.1) is 10.2 Å². The third-order valence-electron chi connectivity index (χ3n) is 4.89. The second-order valence-corrected chi connectivity index (χ2v) is 8.11. The number of halogens is 2. The first-order valence-corrected chi connectivity index (χ1v) is 11.3. The van der Waals surface area contributed by atoms with Crippen molar-refractivity contribution in [2.24, 2.45) is 0 Å². The van der Waals surface area contributed by atoms with Gasteiger partial charge in [0.05, 0.1) is 31.2 Å². The molecule has 1 N–H and O–H groups in total. The summed E-state index contributed by atoms with van der Waals surface area (Å²) in [5, 5.41) is 11.9. The average molecular weight is 476 g/mol. The van der Waals surface area contributed by atoms with Crippen molar-refractivity contribution < 1.29 is 23.0 Å². The predicted octanol–water partition coefficient (Wildman–Crippen LogP) is 3.43. The molecule has 0 spiro atoms. The van der Waals surface area contributed by atoms with Crippen LogP contribution in [0.4, 0.5) is 14.5 Å². The molecule has 11 heteroatoms. The average Bonchev–Trinajstić information content (AvgIpc) is 3.22. The number of anilines is 1. The lowest BCUT2D eigenvalue weighted by Crippen LogP contribution is -2.36. The van der Waals surface area contributed by atoms with Crippen LogP contribution in [-0.4, -0.2) is 64.2 Å². The van der Waals surface area contributed by atoms with Gasteiger partial charge in [-0.1, -0.05) is 42.1 Å². The number of thioether (sulfide) groups is 1. The molecule has 0 bridgehead atoms. The fourth-order valence-electron chi connectivity index (χ4n) is 3.38. The number of benzene rings is 2. The molecule has 3 aromatic rings. The zero-order valence-electron chi connectivity index (χ0n) is 17.7. The number of alkyl halides is 2. The zero-order chi connectivity index (χ0) is 23.0. The molecule has 0 aliphatic carbocycles. The molecule has 0 saturated carbocycles. The standard InChI is InChI=1S/C22H23F2N5O3S/c23-21(24)32-18-9-5-4-8-17(18)25-20(30)15-33-22-27-26-19(14-28-10-12-31-13-11-28)29(22)16-6-2-1-3-7-16/h1-9,21H,10-15H2,(H,25,30). The van der Waals surface area contributed by atoms with Gasteiger partial charge in [-0.05, 0) is 24.3 Å². The Bertz CT molecular complexity index is 1060. The van der Waals surface area contributed by atoms with E-state index in [4.69, 9.17) is 4.74 Å². The number of para-hydroxylation sites is 3. The fourth-order valence-corrected chi connectivity index (χ4v) is 4.15. The van der Waals surface area contributed by atoms with Gasteiger partial charge in [0.1, 0.15) is 5.75 Å². The summed E-state index contributed by atoms with van der Waals surface area (Å²) in [6.45, 7) is 0.609. The lowest BCUT2D eigenvalue weighted by atomic mass is 10.3. The number of nitrogens with one attached hydrogen (secondary N) is 1. The number of amides is 1. The smallest absolute Gasteiger partial charge is 0.387 e.